The van der Waals surface area contributed by atoms with E-state index in [2.05, 4.69) is 10.6 Å². The maximum Gasteiger partial charge on any atom is 0.324 e. The van der Waals surface area contributed by atoms with Gasteiger partial charge in [-0.1, -0.05) is 42.8 Å². The summed E-state index contributed by atoms with van der Waals surface area (Å²) in [4.78, 5) is 51.0. The molecular weight excluding hydrogens is 482 g/mol. The highest BCUT2D eigenvalue weighted by atomic mass is 35.5. The van der Waals surface area contributed by atoms with Crippen LogP contribution in [0.25, 0.3) is 0 Å². The molecule has 1 unspecified atom stereocenters. The van der Waals surface area contributed by atoms with Crippen molar-refractivity contribution in [3.63, 3.8) is 0 Å². The lowest BCUT2D eigenvalue weighted by Crippen LogP contribution is -2.48. The van der Waals surface area contributed by atoms with E-state index in [4.69, 9.17) is 16.3 Å². The van der Waals surface area contributed by atoms with Gasteiger partial charge in [0.05, 0.1) is 13.0 Å². The van der Waals surface area contributed by atoms with Gasteiger partial charge in [0.2, 0.25) is 11.8 Å². The third kappa shape index (κ3) is 7.07. The lowest BCUT2D eigenvalue weighted by molar-refractivity contribution is -0.133. The predicted octanol–water partition coefficient (Wildman–Crippen LogP) is 3.50. The third-order valence-electron chi connectivity index (χ3n) is 6.31. The van der Waals surface area contributed by atoms with Crippen molar-refractivity contribution in [2.75, 3.05) is 26.7 Å². The predicted molar refractivity (Wildman–Crippen MR) is 137 cm³/mol. The van der Waals surface area contributed by atoms with Crippen LogP contribution in [0.15, 0.2) is 42.5 Å². The van der Waals surface area contributed by atoms with Gasteiger partial charge in [-0.25, -0.2) is 4.79 Å². The molecule has 192 valence electrons. The van der Waals surface area contributed by atoms with E-state index >= 15 is 0 Å². The second-order valence-corrected chi connectivity index (χ2v) is 9.43. The van der Waals surface area contributed by atoms with E-state index in [9.17, 15) is 19.2 Å². The van der Waals surface area contributed by atoms with Crippen LogP contribution in [0.3, 0.4) is 0 Å². The average molecular weight is 514 g/mol. The molecule has 0 saturated carbocycles. The summed E-state index contributed by atoms with van der Waals surface area (Å²) in [5, 5.41) is 6.06. The topological polar surface area (TPSA) is 105 Å². The molecule has 0 radical (unpaired) electrons. The van der Waals surface area contributed by atoms with Crippen molar-refractivity contribution in [3.8, 4) is 5.75 Å². The van der Waals surface area contributed by atoms with E-state index in [1.165, 1.54) is 7.11 Å². The number of nitrogens with zero attached hydrogens (tertiary/aromatic N) is 1. The van der Waals surface area contributed by atoms with Crippen LogP contribution in [0, 0.1) is 5.92 Å². The van der Waals surface area contributed by atoms with Crippen molar-refractivity contribution in [3.05, 3.63) is 64.2 Å². The Morgan fingerprint density at radius 1 is 1.19 bits per heavy atom. The molecule has 8 nitrogen and oxygen atoms in total. The molecule has 1 fully saturated rings. The van der Waals surface area contributed by atoms with E-state index in [1.54, 1.807) is 25.1 Å². The first-order chi connectivity index (χ1) is 17.2. The zero-order chi connectivity index (χ0) is 26.2. The summed E-state index contributed by atoms with van der Waals surface area (Å²) in [5.41, 5.74) is 2.68. The Morgan fingerprint density at radius 3 is 2.56 bits per heavy atom. The highest BCUT2D eigenvalue weighted by molar-refractivity contribution is 6.30. The number of amides is 4. The van der Waals surface area contributed by atoms with E-state index in [0.29, 0.717) is 23.7 Å². The first kappa shape index (κ1) is 27.2. The Balaban J connectivity index is 1.69. The van der Waals surface area contributed by atoms with E-state index in [0.717, 1.165) is 28.0 Å². The van der Waals surface area contributed by atoms with Gasteiger partial charge in [0, 0.05) is 30.5 Å². The largest absolute Gasteiger partial charge is 0.496 e. The van der Waals surface area contributed by atoms with Crippen LogP contribution < -0.4 is 15.4 Å². The van der Waals surface area contributed by atoms with Gasteiger partial charge >= 0.3 is 6.03 Å². The van der Waals surface area contributed by atoms with Gasteiger partial charge in [-0.2, -0.15) is 0 Å². The number of carbonyl (C=O) groups is 4. The molecule has 2 N–H and O–H groups in total. The second-order valence-electron chi connectivity index (χ2n) is 9.00. The zero-order valence-corrected chi connectivity index (χ0v) is 21.6. The van der Waals surface area contributed by atoms with Crippen LogP contribution in [0.1, 0.15) is 42.9 Å². The molecule has 1 aliphatic rings. The van der Waals surface area contributed by atoms with Crippen molar-refractivity contribution in [1.29, 1.82) is 0 Å². The molecule has 4 amide bonds. The molecule has 2 atom stereocenters. The summed E-state index contributed by atoms with van der Waals surface area (Å²) < 4.78 is 5.38. The average Bonchev–Trinajstić information content (AvgIpc) is 2.98. The van der Waals surface area contributed by atoms with Gasteiger partial charge in [-0.15, -0.1) is 0 Å². The number of methoxy groups -OCH3 is 1. The van der Waals surface area contributed by atoms with Crippen LogP contribution in [0.5, 0.6) is 5.75 Å². The molecule has 2 aromatic rings. The molecule has 36 heavy (non-hydrogen) atoms. The number of Topliss-reactive ketones (excluding diaryl/α,β-unsaturated/α-hetero) is 1. The monoisotopic (exact) mass is 513 g/mol. The molecule has 1 heterocycles. The lowest BCUT2D eigenvalue weighted by Gasteiger charge is -2.24. The number of halogens is 1. The van der Waals surface area contributed by atoms with Gasteiger partial charge in [-0.3, -0.25) is 19.3 Å². The molecule has 3 rings (SSSR count). The number of ether oxygens (including phenoxy) is 1. The number of nitrogens with one attached hydrogen (secondary N) is 2. The SMILES string of the molecule is CCC(CNC(=O)N1CC(=O)NC[C@@H](Cc2cc(Cl)ccc2OC)C1=O)c1ccc(CC(C)=O)cc1. The van der Waals surface area contributed by atoms with Crippen LogP contribution in [0.4, 0.5) is 4.79 Å². The van der Waals surface area contributed by atoms with Crippen molar-refractivity contribution >= 4 is 35.2 Å². The van der Waals surface area contributed by atoms with Crippen LogP contribution in [0.2, 0.25) is 5.02 Å². The maximum absolute atomic E-state index is 13.3. The Kier molecular flexibility index (Phi) is 9.47. The summed E-state index contributed by atoms with van der Waals surface area (Å²) in [5.74, 6) is -0.783. The minimum absolute atomic E-state index is 0.0164. The molecule has 0 aliphatic carbocycles. The summed E-state index contributed by atoms with van der Waals surface area (Å²) in [6, 6.07) is 12.3. The van der Waals surface area contributed by atoms with Gasteiger partial charge < -0.3 is 15.4 Å². The van der Waals surface area contributed by atoms with Crippen LogP contribution in [-0.2, 0) is 27.2 Å². The normalized spacial score (nSPS) is 16.7. The Bertz CT molecular complexity index is 1120. The Labute approximate surface area is 216 Å². The number of ketones is 1. The molecule has 1 aliphatic heterocycles. The van der Waals surface area contributed by atoms with E-state index in [1.807, 2.05) is 31.2 Å². The van der Waals surface area contributed by atoms with Crippen LogP contribution >= 0.6 is 11.6 Å². The molecule has 9 heteroatoms. The molecule has 1 saturated heterocycles. The first-order valence-electron chi connectivity index (χ1n) is 12.0. The molecule has 0 spiro atoms. The molecular formula is C27H32ClN3O5. The number of carbonyl (C=O) groups excluding carboxylic acids is 4. The standard InChI is InChI=1S/C27H32ClN3O5/c1-4-19(20-7-5-18(6-8-20)11-17(2)32)14-30-27(35)31-16-25(33)29-15-22(26(31)34)12-21-13-23(28)9-10-24(21)36-3/h5-10,13,19,22H,4,11-12,14-16H2,1-3H3,(H,29,33)(H,30,35)/t19?,22-/m1/s1. The van der Waals surface area contributed by atoms with Gasteiger partial charge in [-0.05, 0) is 54.7 Å². The summed E-state index contributed by atoms with van der Waals surface area (Å²) in [7, 11) is 1.53. The smallest absolute Gasteiger partial charge is 0.324 e. The number of benzene rings is 2. The van der Waals surface area contributed by atoms with Crippen molar-refractivity contribution in [2.24, 2.45) is 5.92 Å². The number of imide groups is 1. The fraction of sp³-hybridized carbons (Fsp3) is 0.407. The maximum atomic E-state index is 13.3. The lowest BCUT2D eigenvalue weighted by atomic mass is 9.94. The van der Waals surface area contributed by atoms with E-state index in [-0.39, 0.29) is 31.2 Å². The minimum atomic E-state index is -0.648. The number of hydrogen-bond acceptors (Lipinski definition) is 5. The molecule has 0 aromatic heterocycles. The highest BCUT2D eigenvalue weighted by Gasteiger charge is 2.34. The van der Waals surface area contributed by atoms with Crippen molar-refractivity contribution < 1.29 is 23.9 Å². The Hall–Kier alpha value is -3.39. The molecule has 2 aromatic carbocycles. The number of urea groups is 1. The van der Waals surface area contributed by atoms with Gasteiger partial charge in [0.25, 0.3) is 0 Å². The van der Waals surface area contributed by atoms with E-state index < -0.39 is 23.8 Å². The second kappa shape index (κ2) is 12.5. The summed E-state index contributed by atoms with van der Waals surface area (Å²) >= 11 is 6.13. The quantitative estimate of drug-likeness (QED) is 0.534. The highest BCUT2D eigenvalue weighted by Crippen LogP contribution is 2.26. The summed E-state index contributed by atoms with van der Waals surface area (Å²) in [6.07, 6.45) is 1.41. The number of hydrogen-bond donors (Lipinski definition) is 2. The number of rotatable bonds is 9. The van der Waals surface area contributed by atoms with Crippen LogP contribution in [-0.4, -0.2) is 55.3 Å². The fourth-order valence-electron chi connectivity index (χ4n) is 4.32. The van der Waals surface area contributed by atoms with Crippen molar-refractivity contribution in [2.45, 2.75) is 39.0 Å². The Morgan fingerprint density at radius 2 is 1.92 bits per heavy atom. The third-order valence-corrected chi connectivity index (χ3v) is 6.55. The van der Waals surface area contributed by atoms with Gasteiger partial charge in [0.1, 0.15) is 18.1 Å². The van der Waals surface area contributed by atoms with Gasteiger partial charge in [0.15, 0.2) is 0 Å². The van der Waals surface area contributed by atoms with Crippen molar-refractivity contribution in [1.82, 2.24) is 15.5 Å². The fourth-order valence-corrected chi connectivity index (χ4v) is 4.52. The molecule has 0 bridgehead atoms. The minimum Gasteiger partial charge on any atom is -0.496 e. The summed E-state index contributed by atoms with van der Waals surface area (Å²) in [6.45, 7) is 3.64. The first-order valence-corrected chi connectivity index (χ1v) is 12.4. The zero-order valence-electron chi connectivity index (χ0n) is 20.8.